The van der Waals surface area contributed by atoms with E-state index in [9.17, 15) is 9.90 Å². The van der Waals surface area contributed by atoms with Crippen molar-refractivity contribution in [2.24, 2.45) is 0 Å². The van der Waals surface area contributed by atoms with E-state index in [0.717, 1.165) is 6.42 Å². The normalized spacial score (nSPS) is 16.3. The molecule has 0 saturated carbocycles. The van der Waals surface area contributed by atoms with Gasteiger partial charge in [-0.25, -0.2) is 14.5 Å². The maximum Gasteiger partial charge on any atom is 0.335 e. The molecule has 0 radical (unpaired) electrons. The predicted molar refractivity (Wildman–Crippen MR) is 82.0 cm³/mol. The van der Waals surface area contributed by atoms with E-state index in [0.29, 0.717) is 30.4 Å². The van der Waals surface area contributed by atoms with Crippen LogP contribution >= 0.6 is 0 Å². The molecular weight excluding hydrogens is 318 g/mol. The highest BCUT2D eigenvalue weighted by atomic mass is 16.5. The first-order valence-corrected chi connectivity index (χ1v) is 7.12. The van der Waals surface area contributed by atoms with Crippen molar-refractivity contribution in [3.63, 3.8) is 0 Å². The molecule has 1 aromatic heterocycles. The van der Waals surface area contributed by atoms with Gasteiger partial charge in [0.2, 0.25) is 0 Å². The Balaban J connectivity index is 0.000000647. The molecule has 0 spiro atoms. The van der Waals surface area contributed by atoms with Crippen molar-refractivity contribution >= 4 is 12.4 Å². The highest BCUT2D eigenvalue weighted by molar-refractivity contribution is 5.89. The lowest BCUT2D eigenvalue weighted by atomic mass is 10.1. The van der Waals surface area contributed by atoms with Crippen LogP contribution in [-0.4, -0.2) is 55.7 Å². The highest BCUT2D eigenvalue weighted by Gasteiger charge is 2.23. The van der Waals surface area contributed by atoms with E-state index in [-0.39, 0.29) is 23.8 Å². The number of phenolic OH excluding ortho intramolecular Hbond substituents is 1. The Labute approximate surface area is 137 Å². The predicted octanol–water partition coefficient (Wildman–Crippen LogP) is 1.32. The molecule has 0 amide bonds. The monoisotopic (exact) mass is 335 g/mol. The molecule has 1 saturated heterocycles. The second kappa shape index (κ2) is 7.55. The summed E-state index contributed by atoms with van der Waals surface area (Å²) in [6, 6.07) is 4.26. The Hall–Kier alpha value is -2.94. The maximum absolute atomic E-state index is 11.1. The third-order valence-corrected chi connectivity index (χ3v) is 3.41. The van der Waals surface area contributed by atoms with Gasteiger partial charge in [-0.15, -0.1) is 0 Å². The van der Waals surface area contributed by atoms with Gasteiger partial charge in [-0.05, 0) is 31.5 Å². The summed E-state index contributed by atoms with van der Waals surface area (Å²) in [7, 11) is 0. The number of aromatic nitrogens is 3. The maximum atomic E-state index is 11.1. The first-order chi connectivity index (χ1) is 11.5. The molecule has 1 atom stereocenters. The summed E-state index contributed by atoms with van der Waals surface area (Å²) in [6.45, 7) is 2.75. The topological polar surface area (TPSA) is 135 Å². The Morgan fingerprint density at radius 1 is 1.42 bits per heavy atom. The molecule has 128 valence electrons. The number of carboxylic acid groups (broad SMARTS) is 2. The van der Waals surface area contributed by atoms with Gasteiger partial charge in [0.15, 0.2) is 5.82 Å². The summed E-state index contributed by atoms with van der Waals surface area (Å²) >= 11 is 0. The summed E-state index contributed by atoms with van der Waals surface area (Å²) in [4.78, 5) is 23.8. The average molecular weight is 335 g/mol. The van der Waals surface area contributed by atoms with Crippen LogP contribution in [0.5, 0.6) is 5.75 Å². The molecule has 9 nitrogen and oxygen atoms in total. The molecule has 2 aromatic rings. The van der Waals surface area contributed by atoms with Crippen molar-refractivity contribution in [2.45, 2.75) is 19.4 Å². The van der Waals surface area contributed by atoms with Gasteiger partial charge in [0.25, 0.3) is 6.47 Å². The Morgan fingerprint density at radius 3 is 2.71 bits per heavy atom. The largest absolute Gasteiger partial charge is 0.508 e. The third-order valence-electron chi connectivity index (χ3n) is 3.41. The van der Waals surface area contributed by atoms with E-state index in [2.05, 4.69) is 10.1 Å². The van der Waals surface area contributed by atoms with Crippen LogP contribution in [-0.2, 0) is 9.53 Å². The number of aromatic carboxylic acids is 1. The number of carboxylic acids is 1. The zero-order valence-corrected chi connectivity index (χ0v) is 12.9. The number of aromatic hydroxyl groups is 1. The molecule has 24 heavy (non-hydrogen) atoms. The lowest BCUT2D eigenvalue weighted by Crippen LogP contribution is -2.12. The summed E-state index contributed by atoms with van der Waals surface area (Å²) in [5.41, 5.74) is 0.541. The number of aryl methyl sites for hydroxylation is 1. The van der Waals surface area contributed by atoms with E-state index in [4.69, 9.17) is 19.7 Å². The number of benzene rings is 1. The van der Waals surface area contributed by atoms with E-state index < -0.39 is 5.97 Å². The SMILES string of the molecule is Cc1nc(-c2cc(O)cc(C(=O)O)c2)n(C2CCOC2)n1.O=CO. The number of ether oxygens (including phenoxy) is 1. The molecule has 9 heteroatoms. The van der Waals surface area contributed by atoms with Crippen molar-refractivity contribution in [1.29, 1.82) is 0 Å². The van der Waals surface area contributed by atoms with Crippen molar-refractivity contribution in [1.82, 2.24) is 14.8 Å². The fourth-order valence-corrected chi connectivity index (χ4v) is 2.46. The smallest absolute Gasteiger partial charge is 0.335 e. The van der Waals surface area contributed by atoms with Crippen molar-refractivity contribution < 1.29 is 29.6 Å². The zero-order chi connectivity index (χ0) is 17.7. The van der Waals surface area contributed by atoms with Crippen molar-refractivity contribution in [2.75, 3.05) is 13.2 Å². The minimum atomic E-state index is -1.10. The second-order valence-corrected chi connectivity index (χ2v) is 5.12. The molecule has 1 aliphatic rings. The van der Waals surface area contributed by atoms with Gasteiger partial charge in [0, 0.05) is 12.2 Å². The lowest BCUT2D eigenvalue weighted by Gasteiger charge is -2.12. The van der Waals surface area contributed by atoms with Crippen LogP contribution in [0.1, 0.15) is 28.6 Å². The average Bonchev–Trinajstić information content (AvgIpc) is 3.16. The minimum Gasteiger partial charge on any atom is -0.508 e. The molecule has 1 fully saturated rings. The van der Waals surface area contributed by atoms with Crippen LogP contribution in [0.15, 0.2) is 18.2 Å². The molecular formula is C15H17N3O6. The summed E-state index contributed by atoms with van der Waals surface area (Å²) in [5.74, 6) is -0.0718. The fourth-order valence-electron chi connectivity index (χ4n) is 2.46. The number of nitrogens with zero attached hydrogens (tertiary/aromatic N) is 3. The summed E-state index contributed by atoms with van der Waals surface area (Å²) in [6.07, 6.45) is 0.834. The third kappa shape index (κ3) is 3.87. The second-order valence-electron chi connectivity index (χ2n) is 5.12. The fraction of sp³-hybridized carbons (Fsp3) is 0.333. The number of phenols is 1. The van der Waals surface area contributed by atoms with E-state index >= 15 is 0 Å². The van der Waals surface area contributed by atoms with Gasteiger partial charge in [-0.3, -0.25) is 4.79 Å². The zero-order valence-electron chi connectivity index (χ0n) is 12.9. The highest BCUT2D eigenvalue weighted by Crippen LogP contribution is 2.28. The molecule has 3 N–H and O–H groups in total. The first kappa shape index (κ1) is 17.4. The lowest BCUT2D eigenvalue weighted by molar-refractivity contribution is -0.122. The van der Waals surface area contributed by atoms with Gasteiger partial charge < -0.3 is 20.1 Å². The quantitative estimate of drug-likeness (QED) is 0.715. The standard InChI is InChI=1S/C14H15N3O4.CH2O2/c1-8-15-13(17(16-8)11-2-3-21-7-11)9-4-10(14(19)20)6-12(18)5-9;2-1-3/h4-6,11,18H,2-3,7H2,1H3,(H,19,20);1H,(H,2,3). The Morgan fingerprint density at radius 2 is 2.12 bits per heavy atom. The molecule has 1 unspecified atom stereocenters. The summed E-state index contributed by atoms with van der Waals surface area (Å²) < 4.78 is 7.12. The summed E-state index contributed by atoms with van der Waals surface area (Å²) in [5, 5.41) is 30.1. The molecule has 1 aliphatic heterocycles. The Bertz CT molecular complexity index is 737. The van der Waals surface area contributed by atoms with Crippen LogP contribution in [0.2, 0.25) is 0 Å². The van der Waals surface area contributed by atoms with Crippen LogP contribution in [0, 0.1) is 6.92 Å². The molecule has 2 heterocycles. The van der Waals surface area contributed by atoms with Gasteiger partial charge in [-0.1, -0.05) is 0 Å². The number of hydrogen-bond acceptors (Lipinski definition) is 6. The van der Waals surface area contributed by atoms with Crippen molar-refractivity contribution in [3.05, 3.63) is 29.6 Å². The van der Waals surface area contributed by atoms with Crippen LogP contribution < -0.4 is 0 Å². The molecule has 0 aliphatic carbocycles. The minimum absolute atomic E-state index is 0.0138. The first-order valence-electron chi connectivity index (χ1n) is 7.12. The number of hydrogen-bond donors (Lipinski definition) is 3. The van der Waals surface area contributed by atoms with Crippen molar-refractivity contribution in [3.8, 4) is 17.1 Å². The molecule has 1 aromatic carbocycles. The molecule has 3 rings (SSSR count). The number of rotatable bonds is 3. The van der Waals surface area contributed by atoms with Gasteiger partial charge in [-0.2, -0.15) is 5.10 Å². The van der Waals surface area contributed by atoms with Crippen LogP contribution in [0.25, 0.3) is 11.4 Å². The Kier molecular flexibility index (Phi) is 5.48. The van der Waals surface area contributed by atoms with E-state index in [1.807, 2.05) is 0 Å². The van der Waals surface area contributed by atoms with Gasteiger partial charge >= 0.3 is 5.97 Å². The molecule has 0 bridgehead atoms. The van der Waals surface area contributed by atoms with Gasteiger partial charge in [0.1, 0.15) is 11.6 Å². The van der Waals surface area contributed by atoms with Gasteiger partial charge in [0.05, 0.1) is 18.2 Å². The van der Waals surface area contributed by atoms with Crippen LogP contribution in [0.4, 0.5) is 0 Å². The number of carbonyl (C=O) groups is 2. The van der Waals surface area contributed by atoms with E-state index in [1.54, 1.807) is 11.6 Å². The van der Waals surface area contributed by atoms with E-state index in [1.165, 1.54) is 18.2 Å². The van der Waals surface area contributed by atoms with Crippen LogP contribution in [0.3, 0.4) is 0 Å².